The molecule has 0 unspecified atom stereocenters. The van der Waals surface area contributed by atoms with Crippen molar-refractivity contribution >= 4 is 23.3 Å². The van der Waals surface area contributed by atoms with Crippen LogP contribution in [0.3, 0.4) is 0 Å². The molecule has 0 spiro atoms. The van der Waals surface area contributed by atoms with Gasteiger partial charge in [-0.15, -0.1) is 0 Å². The minimum Gasteiger partial charge on any atom is -0.467 e. The minimum absolute atomic E-state index is 0.0506. The smallest absolute Gasteiger partial charge is 0.257 e. The van der Waals surface area contributed by atoms with Crippen molar-refractivity contribution in [1.82, 2.24) is 10.3 Å². The molecule has 0 radical (unpaired) electrons. The summed E-state index contributed by atoms with van der Waals surface area (Å²) in [6, 6.07) is 11.5. The van der Waals surface area contributed by atoms with Crippen molar-refractivity contribution in [2.45, 2.75) is 13.5 Å². The number of furan rings is 1. The van der Waals surface area contributed by atoms with Crippen molar-refractivity contribution in [2.24, 2.45) is 0 Å². The van der Waals surface area contributed by atoms with Gasteiger partial charge in [-0.3, -0.25) is 19.4 Å². The third-order valence-corrected chi connectivity index (χ3v) is 3.82. The maximum atomic E-state index is 12.4. The van der Waals surface area contributed by atoms with Gasteiger partial charge in [0, 0.05) is 23.6 Å². The van der Waals surface area contributed by atoms with Gasteiger partial charge in [-0.05, 0) is 49.4 Å². The summed E-state index contributed by atoms with van der Waals surface area (Å²) in [5.74, 6) is -0.192. The number of carbonyl (C=O) groups is 3. The number of Topliss-reactive ketones (excluding diaryl/α,β-unsaturated/α-hetero) is 1. The number of amides is 2. The number of aromatic nitrogens is 1. The Hall–Kier alpha value is -3.74. The van der Waals surface area contributed by atoms with E-state index < -0.39 is 5.91 Å². The predicted octanol–water partition coefficient (Wildman–Crippen LogP) is 3.06. The van der Waals surface area contributed by atoms with E-state index >= 15 is 0 Å². The fourth-order valence-corrected chi connectivity index (χ4v) is 2.36. The maximum Gasteiger partial charge on any atom is 0.257 e. The SMILES string of the molecule is CC(=O)c1ccc(NC(=O)c2cncc(C(=O)NCc3ccco3)c2)cc1. The van der Waals surface area contributed by atoms with E-state index in [-0.39, 0.29) is 29.4 Å². The summed E-state index contributed by atoms with van der Waals surface area (Å²) in [5, 5.41) is 5.41. The van der Waals surface area contributed by atoms with Gasteiger partial charge in [-0.2, -0.15) is 0 Å². The fourth-order valence-electron chi connectivity index (χ4n) is 2.36. The molecule has 3 rings (SSSR count). The van der Waals surface area contributed by atoms with Crippen molar-refractivity contribution in [3.63, 3.8) is 0 Å². The summed E-state index contributed by atoms with van der Waals surface area (Å²) < 4.78 is 5.16. The lowest BCUT2D eigenvalue weighted by molar-refractivity contribution is 0.0946. The summed E-state index contributed by atoms with van der Waals surface area (Å²) >= 11 is 0. The number of pyridine rings is 1. The summed E-state index contributed by atoms with van der Waals surface area (Å²) in [5.41, 5.74) is 1.61. The van der Waals surface area contributed by atoms with Crippen molar-refractivity contribution in [3.8, 4) is 0 Å². The summed E-state index contributed by atoms with van der Waals surface area (Å²) in [6.07, 6.45) is 4.29. The highest BCUT2D eigenvalue weighted by atomic mass is 16.3. The molecule has 2 amide bonds. The van der Waals surface area contributed by atoms with E-state index in [0.29, 0.717) is 17.0 Å². The van der Waals surface area contributed by atoms with Crippen LogP contribution in [0, 0.1) is 0 Å². The van der Waals surface area contributed by atoms with Crippen LogP contribution in [-0.2, 0) is 6.54 Å². The number of nitrogens with one attached hydrogen (secondary N) is 2. The molecule has 0 fully saturated rings. The molecule has 0 bridgehead atoms. The van der Waals surface area contributed by atoms with Crippen LogP contribution in [0.4, 0.5) is 5.69 Å². The Morgan fingerprint density at radius 1 is 0.963 bits per heavy atom. The van der Waals surface area contributed by atoms with Gasteiger partial charge in [0.15, 0.2) is 5.78 Å². The second-order valence-electron chi connectivity index (χ2n) is 5.81. The van der Waals surface area contributed by atoms with Crippen LogP contribution in [0.5, 0.6) is 0 Å². The van der Waals surface area contributed by atoms with Crippen LogP contribution in [0.2, 0.25) is 0 Å². The van der Waals surface area contributed by atoms with Crippen molar-refractivity contribution in [3.05, 3.63) is 83.6 Å². The van der Waals surface area contributed by atoms with Crippen molar-refractivity contribution in [1.29, 1.82) is 0 Å². The first-order valence-electron chi connectivity index (χ1n) is 8.21. The third-order valence-electron chi connectivity index (χ3n) is 3.82. The lowest BCUT2D eigenvalue weighted by Crippen LogP contribution is -2.23. The lowest BCUT2D eigenvalue weighted by atomic mass is 10.1. The van der Waals surface area contributed by atoms with Gasteiger partial charge in [0.2, 0.25) is 0 Å². The van der Waals surface area contributed by atoms with Crippen LogP contribution in [0.1, 0.15) is 43.8 Å². The molecule has 1 aromatic carbocycles. The number of benzene rings is 1. The Morgan fingerprint density at radius 3 is 2.30 bits per heavy atom. The van der Waals surface area contributed by atoms with Crippen LogP contribution in [-0.4, -0.2) is 22.6 Å². The Bertz CT molecular complexity index is 963. The van der Waals surface area contributed by atoms with Gasteiger partial charge >= 0.3 is 0 Å². The molecule has 0 aliphatic carbocycles. The van der Waals surface area contributed by atoms with Gasteiger partial charge in [0.05, 0.1) is 23.9 Å². The first-order chi connectivity index (χ1) is 13.0. The Labute approximate surface area is 155 Å². The number of hydrogen-bond acceptors (Lipinski definition) is 5. The van der Waals surface area contributed by atoms with Gasteiger partial charge < -0.3 is 15.1 Å². The van der Waals surface area contributed by atoms with E-state index in [1.807, 2.05) is 0 Å². The van der Waals surface area contributed by atoms with E-state index in [1.165, 1.54) is 31.6 Å². The molecule has 0 atom stereocenters. The number of anilines is 1. The predicted molar refractivity (Wildman–Crippen MR) is 98.5 cm³/mol. The molecule has 2 heterocycles. The normalized spacial score (nSPS) is 10.3. The van der Waals surface area contributed by atoms with E-state index in [4.69, 9.17) is 4.42 Å². The van der Waals surface area contributed by atoms with Gasteiger partial charge in [0.1, 0.15) is 5.76 Å². The fraction of sp³-hybridized carbons (Fsp3) is 0.100. The zero-order valence-corrected chi connectivity index (χ0v) is 14.6. The molecule has 7 heteroatoms. The molecule has 2 N–H and O–H groups in total. The standard InChI is InChI=1S/C20H17N3O4/c1-13(24)14-4-6-17(7-5-14)23-20(26)16-9-15(10-21-11-16)19(25)22-12-18-3-2-8-27-18/h2-11H,12H2,1H3,(H,22,25)(H,23,26). The number of rotatable bonds is 6. The number of nitrogens with zero attached hydrogens (tertiary/aromatic N) is 1. The second-order valence-corrected chi connectivity index (χ2v) is 5.81. The lowest BCUT2D eigenvalue weighted by Gasteiger charge is -2.07. The zero-order chi connectivity index (χ0) is 19.2. The number of ketones is 1. The third kappa shape index (κ3) is 4.66. The first kappa shape index (κ1) is 18.1. The van der Waals surface area contributed by atoms with Crippen LogP contribution < -0.4 is 10.6 Å². The highest BCUT2D eigenvalue weighted by Crippen LogP contribution is 2.12. The maximum absolute atomic E-state index is 12.4. The molecule has 0 aliphatic rings. The van der Waals surface area contributed by atoms with Crippen LogP contribution >= 0.6 is 0 Å². The highest BCUT2D eigenvalue weighted by molar-refractivity contribution is 6.06. The monoisotopic (exact) mass is 363 g/mol. The molecular formula is C20H17N3O4. The second kappa shape index (κ2) is 8.09. The minimum atomic E-state index is -0.404. The molecular weight excluding hydrogens is 346 g/mol. The summed E-state index contributed by atoms with van der Waals surface area (Å²) in [4.78, 5) is 39.9. The van der Waals surface area contributed by atoms with Crippen LogP contribution in [0.25, 0.3) is 0 Å². The topological polar surface area (TPSA) is 101 Å². The van der Waals surface area contributed by atoms with E-state index in [9.17, 15) is 14.4 Å². The largest absolute Gasteiger partial charge is 0.467 e. The first-order valence-corrected chi connectivity index (χ1v) is 8.21. The average molecular weight is 363 g/mol. The van der Waals surface area contributed by atoms with E-state index in [2.05, 4.69) is 15.6 Å². The molecule has 0 aliphatic heterocycles. The molecule has 0 saturated heterocycles. The van der Waals surface area contributed by atoms with E-state index in [0.717, 1.165) is 0 Å². The van der Waals surface area contributed by atoms with E-state index in [1.54, 1.807) is 36.4 Å². The van der Waals surface area contributed by atoms with Crippen molar-refractivity contribution in [2.75, 3.05) is 5.32 Å². The molecule has 7 nitrogen and oxygen atoms in total. The van der Waals surface area contributed by atoms with Gasteiger partial charge in [0.25, 0.3) is 11.8 Å². The molecule has 0 saturated carbocycles. The quantitative estimate of drug-likeness (QED) is 0.656. The molecule has 27 heavy (non-hydrogen) atoms. The zero-order valence-electron chi connectivity index (χ0n) is 14.6. The van der Waals surface area contributed by atoms with Crippen molar-refractivity contribution < 1.29 is 18.8 Å². The van der Waals surface area contributed by atoms with Crippen LogP contribution in [0.15, 0.2) is 65.5 Å². The number of carbonyl (C=O) groups excluding carboxylic acids is 3. The molecule has 2 aromatic heterocycles. The average Bonchev–Trinajstić information content (AvgIpc) is 3.20. The Balaban J connectivity index is 1.65. The molecule has 3 aromatic rings. The Morgan fingerprint density at radius 2 is 1.67 bits per heavy atom. The number of hydrogen-bond donors (Lipinski definition) is 2. The summed E-state index contributed by atoms with van der Waals surface area (Å²) in [7, 11) is 0. The summed E-state index contributed by atoms with van der Waals surface area (Å²) in [6.45, 7) is 1.71. The van der Waals surface area contributed by atoms with Gasteiger partial charge in [-0.25, -0.2) is 0 Å². The highest BCUT2D eigenvalue weighted by Gasteiger charge is 2.12. The van der Waals surface area contributed by atoms with Gasteiger partial charge in [-0.1, -0.05) is 0 Å². The Kier molecular flexibility index (Phi) is 5.41. The molecule has 136 valence electrons.